The van der Waals surface area contributed by atoms with Gasteiger partial charge in [0.25, 0.3) is 5.91 Å². The van der Waals surface area contributed by atoms with E-state index in [2.05, 4.69) is 5.32 Å². The predicted octanol–water partition coefficient (Wildman–Crippen LogP) is 4.48. The van der Waals surface area contributed by atoms with Crippen LogP contribution in [0.25, 0.3) is 0 Å². The van der Waals surface area contributed by atoms with Crippen molar-refractivity contribution in [2.45, 2.75) is 12.7 Å². The second kappa shape index (κ2) is 8.37. The number of carbonyl (C=O) groups is 1. The molecule has 0 saturated carbocycles. The van der Waals surface area contributed by atoms with Gasteiger partial charge >= 0.3 is 0 Å². The van der Waals surface area contributed by atoms with Crippen molar-refractivity contribution >= 4 is 11.6 Å². The molecule has 154 valence electrons. The number of anilines is 1. The highest BCUT2D eigenvalue weighted by Gasteiger charge is 2.34. The van der Waals surface area contributed by atoms with E-state index in [1.54, 1.807) is 21.3 Å². The summed E-state index contributed by atoms with van der Waals surface area (Å²) in [6, 6.07) is 21.2. The Morgan fingerprint density at radius 3 is 2.13 bits per heavy atom. The number of fused-ring (bicyclic) bond motifs is 1. The minimum absolute atomic E-state index is 0.0352. The summed E-state index contributed by atoms with van der Waals surface area (Å²) in [7, 11) is 4.73. The Balaban J connectivity index is 1.82. The summed E-state index contributed by atoms with van der Waals surface area (Å²) < 4.78 is 16.5. The van der Waals surface area contributed by atoms with Crippen molar-refractivity contribution < 1.29 is 19.0 Å². The molecule has 1 N–H and O–H groups in total. The maximum absolute atomic E-state index is 13.4. The number of carbonyl (C=O) groups excluding carboxylic acids is 1. The first-order chi connectivity index (χ1) is 14.7. The Bertz CT molecular complexity index is 1030. The molecule has 1 atom stereocenters. The molecule has 1 aliphatic rings. The highest BCUT2D eigenvalue weighted by Crippen LogP contribution is 2.42. The highest BCUT2D eigenvalue weighted by atomic mass is 16.5. The van der Waals surface area contributed by atoms with Gasteiger partial charge < -0.3 is 24.4 Å². The molecule has 1 aliphatic heterocycles. The van der Waals surface area contributed by atoms with Crippen molar-refractivity contribution in [3.63, 3.8) is 0 Å². The number of rotatable bonds is 6. The molecule has 4 rings (SSSR count). The molecule has 0 bridgehead atoms. The van der Waals surface area contributed by atoms with Gasteiger partial charge in [0.2, 0.25) is 5.75 Å². The summed E-state index contributed by atoms with van der Waals surface area (Å²) in [6.45, 7) is 0.461. The first-order valence-corrected chi connectivity index (χ1v) is 9.66. The molecule has 6 heteroatoms. The summed E-state index contributed by atoms with van der Waals surface area (Å²) in [4.78, 5) is 15.3. The Morgan fingerprint density at radius 2 is 1.50 bits per heavy atom. The first kappa shape index (κ1) is 19.6. The van der Waals surface area contributed by atoms with Gasteiger partial charge in [-0.15, -0.1) is 0 Å². The summed E-state index contributed by atoms with van der Waals surface area (Å²) in [6.07, 6.45) is -0.402. The Hall–Kier alpha value is -3.67. The zero-order valence-corrected chi connectivity index (χ0v) is 17.2. The van der Waals surface area contributed by atoms with E-state index in [1.807, 2.05) is 71.6 Å². The van der Waals surface area contributed by atoms with Gasteiger partial charge in [-0.25, -0.2) is 0 Å². The smallest absolute Gasteiger partial charge is 0.258 e. The molecule has 6 nitrogen and oxygen atoms in total. The van der Waals surface area contributed by atoms with Crippen LogP contribution in [0.15, 0.2) is 66.7 Å². The topological polar surface area (TPSA) is 60.0 Å². The van der Waals surface area contributed by atoms with Gasteiger partial charge in [-0.1, -0.05) is 42.5 Å². The second-order valence-corrected chi connectivity index (χ2v) is 6.97. The fourth-order valence-corrected chi connectivity index (χ4v) is 3.76. The third-order valence-corrected chi connectivity index (χ3v) is 5.22. The van der Waals surface area contributed by atoms with Crippen molar-refractivity contribution in [1.82, 2.24) is 4.90 Å². The molecule has 1 amide bonds. The normalized spacial score (nSPS) is 15.2. The number of nitrogens with one attached hydrogen (secondary N) is 1. The molecule has 3 aromatic rings. The molecule has 0 fully saturated rings. The van der Waals surface area contributed by atoms with Crippen LogP contribution in [-0.4, -0.2) is 32.1 Å². The average molecular weight is 404 g/mol. The fourth-order valence-electron chi connectivity index (χ4n) is 3.76. The monoisotopic (exact) mass is 404 g/mol. The van der Waals surface area contributed by atoms with E-state index >= 15 is 0 Å². The van der Waals surface area contributed by atoms with Crippen LogP contribution in [0.3, 0.4) is 0 Å². The highest BCUT2D eigenvalue weighted by molar-refractivity contribution is 6.01. The quantitative estimate of drug-likeness (QED) is 0.656. The Morgan fingerprint density at radius 1 is 0.867 bits per heavy atom. The molecule has 0 aliphatic carbocycles. The molecule has 0 unspecified atom stereocenters. The van der Waals surface area contributed by atoms with Crippen LogP contribution in [0.5, 0.6) is 17.2 Å². The molecule has 30 heavy (non-hydrogen) atoms. The lowest BCUT2D eigenvalue weighted by atomic mass is 10.0. The van der Waals surface area contributed by atoms with E-state index in [9.17, 15) is 4.79 Å². The number of methoxy groups -OCH3 is 3. The van der Waals surface area contributed by atoms with Crippen molar-refractivity contribution in [3.05, 3.63) is 83.4 Å². The third-order valence-electron chi connectivity index (χ3n) is 5.22. The predicted molar refractivity (Wildman–Crippen MR) is 115 cm³/mol. The number of para-hydroxylation sites is 1. The fraction of sp³-hybridized carbons (Fsp3) is 0.208. The zero-order valence-electron chi connectivity index (χ0n) is 17.2. The van der Waals surface area contributed by atoms with Gasteiger partial charge in [0.05, 0.1) is 26.9 Å². The van der Waals surface area contributed by atoms with E-state index in [-0.39, 0.29) is 5.91 Å². The van der Waals surface area contributed by atoms with Crippen LogP contribution in [0, 0.1) is 0 Å². The number of hydrogen-bond acceptors (Lipinski definition) is 5. The first-order valence-electron chi connectivity index (χ1n) is 9.66. The zero-order chi connectivity index (χ0) is 21.1. The molecular weight excluding hydrogens is 380 g/mol. The third kappa shape index (κ3) is 3.52. The Labute approximate surface area is 176 Å². The number of benzene rings is 3. The second-order valence-electron chi connectivity index (χ2n) is 6.97. The van der Waals surface area contributed by atoms with Gasteiger partial charge in [0.15, 0.2) is 11.5 Å². The number of ether oxygens (including phenoxy) is 3. The maximum atomic E-state index is 13.4. The van der Waals surface area contributed by atoms with Crippen LogP contribution in [0.1, 0.15) is 27.7 Å². The molecule has 1 heterocycles. The van der Waals surface area contributed by atoms with E-state index in [0.29, 0.717) is 29.4 Å². The minimum atomic E-state index is -0.402. The van der Waals surface area contributed by atoms with Crippen LogP contribution < -0.4 is 19.5 Å². The summed E-state index contributed by atoms with van der Waals surface area (Å²) in [5, 5.41) is 3.51. The summed E-state index contributed by atoms with van der Waals surface area (Å²) in [5.74, 6) is 1.56. The molecule has 0 aromatic heterocycles. The number of nitrogens with zero attached hydrogens (tertiary/aromatic N) is 1. The largest absolute Gasteiger partial charge is 0.493 e. The maximum Gasteiger partial charge on any atom is 0.258 e. The van der Waals surface area contributed by atoms with Crippen molar-refractivity contribution in [3.8, 4) is 17.2 Å². The lowest BCUT2D eigenvalue weighted by Crippen LogP contribution is -2.42. The summed E-state index contributed by atoms with van der Waals surface area (Å²) >= 11 is 0. The van der Waals surface area contributed by atoms with Gasteiger partial charge in [-0.2, -0.15) is 0 Å². The van der Waals surface area contributed by atoms with Crippen LogP contribution in [-0.2, 0) is 6.54 Å². The van der Waals surface area contributed by atoms with Crippen LogP contribution in [0.2, 0.25) is 0 Å². The molecule has 3 aromatic carbocycles. The molecule has 0 spiro atoms. The van der Waals surface area contributed by atoms with E-state index in [0.717, 1.165) is 16.8 Å². The lowest BCUT2D eigenvalue weighted by Gasteiger charge is -2.38. The summed E-state index contributed by atoms with van der Waals surface area (Å²) in [5.41, 5.74) is 3.33. The van der Waals surface area contributed by atoms with E-state index in [4.69, 9.17) is 14.2 Å². The molecule has 0 radical (unpaired) electrons. The van der Waals surface area contributed by atoms with Crippen LogP contribution >= 0.6 is 0 Å². The number of amides is 1. The van der Waals surface area contributed by atoms with E-state index < -0.39 is 6.17 Å². The number of hydrogen-bond donors (Lipinski definition) is 1. The van der Waals surface area contributed by atoms with Crippen molar-refractivity contribution in [2.24, 2.45) is 0 Å². The standard InChI is InChI=1S/C24H24N2O4/c1-28-20-13-17(14-21(29-2)22(20)30-3)23-25-19-12-8-7-11-18(19)24(27)26(23)15-16-9-5-4-6-10-16/h4-14,23,25H,15H2,1-3H3/t23-/m1/s1. The van der Waals surface area contributed by atoms with E-state index in [1.165, 1.54) is 0 Å². The minimum Gasteiger partial charge on any atom is -0.493 e. The van der Waals surface area contributed by atoms with Crippen molar-refractivity contribution in [2.75, 3.05) is 26.6 Å². The van der Waals surface area contributed by atoms with Gasteiger partial charge in [-0.3, -0.25) is 4.79 Å². The molecule has 0 saturated heterocycles. The molecular formula is C24H24N2O4. The van der Waals surface area contributed by atoms with Gasteiger partial charge in [0.1, 0.15) is 6.17 Å². The lowest BCUT2D eigenvalue weighted by molar-refractivity contribution is 0.0666. The SMILES string of the molecule is COc1cc([C@@H]2Nc3ccccc3C(=O)N2Cc2ccccc2)cc(OC)c1OC. The van der Waals surface area contributed by atoms with Crippen molar-refractivity contribution in [1.29, 1.82) is 0 Å². The Kier molecular flexibility index (Phi) is 5.48. The van der Waals surface area contributed by atoms with Crippen LogP contribution in [0.4, 0.5) is 5.69 Å². The van der Waals surface area contributed by atoms with Gasteiger partial charge in [-0.05, 0) is 29.8 Å². The average Bonchev–Trinajstić information content (AvgIpc) is 2.80. The van der Waals surface area contributed by atoms with Gasteiger partial charge in [0, 0.05) is 17.8 Å².